The molecule has 0 spiro atoms. The van der Waals surface area contributed by atoms with Gasteiger partial charge in [-0.2, -0.15) is 0 Å². The van der Waals surface area contributed by atoms with Crippen molar-refractivity contribution in [1.29, 1.82) is 0 Å². The largest absolute Gasteiger partial charge is 0.478 e. The number of ether oxygens (including phenoxy) is 1. The number of fused-ring (bicyclic) bond motifs is 7. The molecule has 2 atom stereocenters. The van der Waals surface area contributed by atoms with Crippen LogP contribution in [-0.2, 0) is 25.1 Å². The Morgan fingerprint density at radius 2 is 2.06 bits per heavy atom. The molecule has 0 saturated heterocycles. The monoisotopic (exact) mass is 447 g/mol. The lowest BCUT2D eigenvalue weighted by Crippen LogP contribution is -2.45. The molecule has 0 fully saturated rings. The summed E-state index contributed by atoms with van der Waals surface area (Å²) in [6.45, 7) is 6.88. The van der Waals surface area contributed by atoms with Crippen molar-refractivity contribution in [1.82, 2.24) is 14.5 Å². The average molecular weight is 448 g/mol. The highest BCUT2D eigenvalue weighted by Crippen LogP contribution is 2.42. The van der Waals surface area contributed by atoms with Crippen LogP contribution in [0.4, 0.5) is 0 Å². The summed E-state index contributed by atoms with van der Waals surface area (Å²) >= 11 is 0. The van der Waals surface area contributed by atoms with Crippen molar-refractivity contribution < 1.29 is 14.9 Å². The van der Waals surface area contributed by atoms with E-state index in [1.54, 1.807) is 4.57 Å². The first-order chi connectivity index (χ1) is 15.9. The van der Waals surface area contributed by atoms with Crippen LogP contribution in [0, 0.1) is 0 Å². The summed E-state index contributed by atoms with van der Waals surface area (Å²) < 4.78 is 7.77. The third-order valence-corrected chi connectivity index (χ3v) is 7.67. The van der Waals surface area contributed by atoms with Crippen LogP contribution < -0.4 is 10.3 Å². The van der Waals surface area contributed by atoms with Crippen molar-refractivity contribution in [2.75, 3.05) is 13.3 Å². The second-order valence-corrected chi connectivity index (χ2v) is 9.58. The average Bonchev–Trinajstić information content (AvgIpc) is 3.18. The quantitative estimate of drug-likeness (QED) is 0.502. The van der Waals surface area contributed by atoms with Crippen molar-refractivity contribution in [3.8, 4) is 17.1 Å². The lowest BCUT2D eigenvalue weighted by molar-refractivity contribution is -0.0929. The van der Waals surface area contributed by atoms with Crippen molar-refractivity contribution >= 4 is 10.9 Å². The molecular weight excluding hydrogens is 418 g/mol. The van der Waals surface area contributed by atoms with Crippen LogP contribution in [0.5, 0.6) is 5.75 Å². The molecule has 2 N–H and O–H groups in total. The van der Waals surface area contributed by atoms with Crippen molar-refractivity contribution in [3.63, 3.8) is 0 Å². The van der Waals surface area contributed by atoms with Gasteiger partial charge in [-0.3, -0.25) is 9.69 Å². The van der Waals surface area contributed by atoms with E-state index < -0.39 is 11.7 Å². The maximum atomic E-state index is 13.4. The molecule has 2 aliphatic heterocycles. The second kappa shape index (κ2) is 7.38. The predicted molar refractivity (Wildman–Crippen MR) is 125 cm³/mol. The minimum atomic E-state index is -1.40. The van der Waals surface area contributed by atoms with Crippen molar-refractivity contribution in [2.24, 2.45) is 0 Å². The molecule has 1 aromatic carbocycles. The van der Waals surface area contributed by atoms with Crippen molar-refractivity contribution in [3.05, 3.63) is 56.9 Å². The number of rotatable bonds is 3. The van der Waals surface area contributed by atoms with Crippen LogP contribution in [0.25, 0.3) is 22.3 Å². The molecular formula is C26H29N3O4. The number of aliphatic hydroxyl groups is 2. The van der Waals surface area contributed by atoms with Gasteiger partial charge in [-0.15, -0.1) is 0 Å². The summed E-state index contributed by atoms with van der Waals surface area (Å²) in [5, 5.41) is 22.8. The van der Waals surface area contributed by atoms with Crippen LogP contribution in [0.15, 0.2) is 29.1 Å². The maximum Gasteiger partial charge on any atom is 0.254 e. The van der Waals surface area contributed by atoms with Gasteiger partial charge in [0.25, 0.3) is 5.56 Å². The summed E-state index contributed by atoms with van der Waals surface area (Å²) in [5.41, 5.74) is 4.22. The number of nitrogens with zero attached hydrogens (tertiary/aromatic N) is 3. The fourth-order valence-corrected chi connectivity index (χ4v) is 5.82. The van der Waals surface area contributed by atoms with E-state index in [-0.39, 0.29) is 5.56 Å². The Bertz CT molecular complexity index is 1350. The van der Waals surface area contributed by atoms with Gasteiger partial charge in [0, 0.05) is 35.2 Å². The summed E-state index contributed by atoms with van der Waals surface area (Å²) in [6, 6.07) is 8.01. The summed E-state index contributed by atoms with van der Waals surface area (Å²) in [4.78, 5) is 20.7. The number of benzene rings is 1. The third kappa shape index (κ3) is 2.92. The molecule has 2 aromatic heterocycles. The minimum Gasteiger partial charge on any atom is -0.478 e. The van der Waals surface area contributed by atoms with Gasteiger partial charge < -0.3 is 19.5 Å². The molecule has 1 aliphatic carbocycles. The molecule has 33 heavy (non-hydrogen) atoms. The molecule has 0 radical (unpaired) electrons. The zero-order chi connectivity index (χ0) is 22.9. The fraction of sp³-hybridized carbons (Fsp3) is 0.462. The van der Waals surface area contributed by atoms with E-state index in [9.17, 15) is 15.0 Å². The van der Waals surface area contributed by atoms with E-state index in [0.29, 0.717) is 43.7 Å². The van der Waals surface area contributed by atoms with E-state index in [0.717, 1.165) is 58.7 Å². The van der Waals surface area contributed by atoms with Crippen LogP contribution in [0.1, 0.15) is 55.4 Å². The Hall–Kier alpha value is -2.74. The fourth-order valence-electron chi connectivity index (χ4n) is 5.82. The molecule has 7 nitrogen and oxygen atoms in total. The predicted octanol–water partition coefficient (Wildman–Crippen LogP) is 2.89. The molecule has 172 valence electrons. The first kappa shape index (κ1) is 20.8. The second-order valence-electron chi connectivity index (χ2n) is 9.58. The van der Waals surface area contributed by atoms with Crippen LogP contribution >= 0.6 is 0 Å². The van der Waals surface area contributed by atoms with Gasteiger partial charge in [0.15, 0.2) is 0 Å². The van der Waals surface area contributed by atoms with E-state index >= 15 is 0 Å². The van der Waals surface area contributed by atoms with Gasteiger partial charge in [-0.1, -0.05) is 13.8 Å². The Labute approximate surface area is 192 Å². The normalized spacial score (nSPS) is 23.6. The van der Waals surface area contributed by atoms with E-state index in [1.807, 2.05) is 25.1 Å². The van der Waals surface area contributed by atoms with Gasteiger partial charge in [0.1, 0.15) is 18.1 Å². The Morgan fingerprint density at radius 3 is 2.85 bits per heavy atom. The molecule has 7 heteroatoms. The van der Waals surface area contributed by atoms with E-state index in [2.05, 4.69) is 17.9 Å². The molecule has 3 aliphatic rings. The highest BCUT2D eigenvalue weighted by molar-refractivity contribution is 5.88. The van der Waals surface area contributed by atoms with E-state index in [4.69, 9.17) is 9.72 Å². The van der Waals surface area contributed by atoms with Gasteiger partial charge in [0.2, 0.25) is 0 Å². The van der Waals surface area contributed by atoms with Gasteiger partial charge in [0.05, 0.1) is 29.6 Å². The molecule has 3 aromatic rings. The number of hydrogen-bond acceptors (Lipinski definition) is 6. The summed E-state index contributed by atoms with van der Waals surface area (Å²) in [7, 11) is 0. The smallest absolute Gasteiger partial charge is 0.254 e. The lowest BCUT2D eigenvalue weighted by Gasteiger charge is -2.38. The molecule has 0 saturated carbocycles. The van der Waals surface area contributed by atoms with Crippen LogP contribution in [0.3, 0.4) is 0 Å². The van der Waals surface area contributed by atoms with Crippen molar-refractivity contribution in [2.45, 2.75) is 64.3 Å². The van der Waals surface area contributed by atoms with Crippen LogP contribution in [0.2, 0.25) is 0 Å². The molecule has 1 unspecified atom stereocenters. The molecule has 0 amide bonds. The lowest BCUT2D eigenvalue weighted by atomic mass is 9.75. The SMILES string of the molecule is CCCN1COc2ccc3nc4c(cc3c2C1)Cn1c-4cc2c(c1=O)CCC(O)[C@]2(O)CC. The Morgan fingerprint density at radius 1 is 1.21 bits per heavy atom. The number of aromatic nitrogens is 2. The third-order valence-electron chi connectivity index (χ3n) is 7.67. The highest BCUT2D eigenvalue weighted by atomic mass is 16.5. The van der Waals surface area contributed by atoms with Gasteiger partial charge >= 0.3 is 0 Å². The zero-order valence-electron chi connectivity index (χ0n) is 19.1. The first-order valence-corrected chi connectivity index (χ1v) is 11.9. The Balaban J connectivity index is 1.52. The topological polar surface area (TPSA) is 87.8 Å². The summed E-state index contributed by atoms with van der Waals surface area (Å²) in [6.07, 6.45) is 1.41. The van der Waals surface area contributed by atoms with Gasteiger partial charge in [-0.05, 0) is 55.5 Å². The Kier molecular flexibility index (Phi) is 4.66. The standard InChI is InChI=1S/C26H29N3O4/c1-3-9-28-13-18-17-10-15-12-29-21(24(15)27-20(17)6-7-22(18)33-14-28)11-19-16(25(29)31)5-8-23(30)26(19,32)4-2/h6-7,10-11,23,30,32H,3-5,8-9,12-14H2,1-2H3/t23?,26-/m0/s1. The number of hydrogen-bond donors (Lipinski definition) is 2. The maximum absolute atomic E-state index is 13.4. The first-order valence-electron chi connectivity index (χ1n) is 11.9. The van der Waals surface area contributed by atoms with E-state index in [1.165, 1.54) is 0 Å². The number of aliphatic hydroxyl groups excluding tert-OH is 1. The molecule has 4 heterocycles. The van der Waals surface area contributed by atoms with Gasteiger partial charge in [-0.25, -0.2) is 4.98 Å². The minimum absolute atomic E-state index is 0.0807. The molecule has 6 rings (SSSR count). The number of pyridine rings is 2. The molecule has 0 bridgehead atoms. The highest BCUT2D eigenvalue weighted by Gasteiger charge is 2.43. The van der Waals surface area contributed by atoms with Crippen LogP contribution in [-0.4, -0.2) is 44.0 Å². The summed E-state index contributed by atoms with van der Waals surface area (Å²) in [5.74, 6) is 0.904. The zero-order valence-corrected chi connectivity index (χ0v) is 19.1.